The number of hydrogen-bond donors (Lipinski definition) is 0. The Morgan fingerprint density at radius 1 is 1.36 bits per heavy atom. The van der Waals surface area contributed by atoms with Crippen molar-refractivity contribution in [2.24, 2.45) is 14.1 Å². The van der Waals surface area contributed by atoms with Gasteiger partial charge in [-0.1, -0.05) is 6.92 Å². The third-order valence-electron chi connectivity index (χ3n) is 2.63. The van der Waals surface area contributed by atoms with E-state index in [1.807, 2.05) is 0 Å². The maximum absolute atomic E-state index is 2.26. The topological polar surface area (TPSA) is 8.81 Å². The van der Waals surface area contributed by atoms with Crippen molar-refractivity contribution in [1.82, 2.24) is 4.57 Å². The number of aromatic nitrogens is 2. The molecule has 1 aromatic heterocycles. The highest BCUT2D eigenvalue weighted by molar-refractivity contribution is 5.07. The molecule has 0 fully saturated rings. The fourth-order valence-corrected chi connectivity index (χ4v) is 1.59. The minimum atomic E-state index is 1.12. The van der Waals surface area contributed by atoms with Gasteiger partial charge in [-0.3, -0.25) is 0 Å². The normalized spacial score (nSPS) is 10.6. The van der Waals surface area contributed by atoms with Gasteiger partial charge in [-0.25, -0.2) is 9.13 Å². The molecule has 0 unspecified atom stereocenters. The van der Waals surface area contributed by atoms with Gasteiger partial charge in [0.1, 0.15) is 11.4 Å². The van der Waals surface area contributed by atoms with Crippen LogP contribution in [0.2, 0.25) is 0 Å². The summed E-state index contributed by atoms with van der Waals surface area (Å²) in [7, 11) is 4.24. The first kappa shape index (κ1) is 8.31. The van der Waals surface area contributed by atoms with Gasteiger partial charge in [0.05, 0.1) is 14.1 Å². The molecule has 0 N–H and O–H groups in total. The zero-order chi connectivity index (χ0) is 8.59. The molecule has 0 amide bonds. The highest BCUT2D eigenvalue weighted by atomic mass is 15.1. The Hall–Kier alpha value is -0.790. The van der Waals surface area contributed by atoms with Gasteiger partial charge >= 0.3 is 0 Å². The Labute approximate surface area is 68.5 Å². The summed E-state index contributed by atoms with van der Waals surface area (Å²) in [5.74, 6) is 1.32. The molecule has 1 heterocycles. The van der Waals surface area contributed by atoms with Crippen molar-refractivity contribution in [3.63, 3.8) is 0 Å². The summed E-state index contributed by atoms with van der Waals surface area (Å²) in [5.41, 5.74) is 2.82. The Balaban J connectivity index is 3.36. The zero-order valence-corrected chi connectivity index (χ0v) is 8.10. The molecule has 1 aromatic rings. The fraction of sp³-hybridized carbons (Fsp3) is 0.667. The van der Waals surface area contributed by atoms with E-state index in [1.165, 1.54) is 17.2 Å². The van der Waals surface area contributed by atoms with Gasteiger partial charge in [-0.05, 0) is 0 Å². The zero-order valence-electron chi connectivity index (χ0n) is 8.10. The number of nitrogens with zero attached hydrogens (tertiary/aromatic N) is 2. The number of hydrogen-bond acceptors (Lipinski definition) is 0. The van der Waals surface area contributed by atoms with Crippen molar-refractivity contribution >= 4 is 0 Å². The van der Waals surface area contributed by atoms with Gasteiger partial charge < -0.3 is 0 Å². The van der Waals surface area contributed by atoms with E-state index in [2.05, 4.69) is 44.0 Å². The second-order valence-corrected chi connectivity index (χ2v) is 3.05. The molecular formula is C9H17N2+. The van der Waals surface area contributed by atoms with Crippen LogP contribution in [-0.2, 0) is 20.5 Å². The smallest absolute Gasteiger partial charge is 0.234 e. The second kappa shape index (κ2) is 2.68. The lowest BCUT2D eigenvalue weighted by molar-refractivity contribution is -0.683. The molecular weight excluding hydrogens is 136 g/mol. The Bertz CT molecular complexity index is 246. The molecule has 0 aliphatic carbocycles. The fourth-order valence-electron chi connectivity index (χ4n) is 1.59. The largest absolute Gasteiger partial charge is 0.253 e. The summed E-state index contributed by atoms with van der Waals surface area (Å²) in [6.45, 7) is 6.51. The van der Waals surface area contributed by atoms with E-state index in [0.29, 0.717) is 0 Å². The molecule has 1 rings (SSSR count). The summed E-state index contributed by atoms with van der Waals surface area (Å²) in [6, 6.07) is 0. The van der Waals surface area contributed by atoms with Crippen molar-refractivity contribution in [2.45, 2.75) is 27.2 Å². The molecule has 0 atom stereocenters. The molecule has 0 aromatic carbocycles. The molecule has 0 saturated carbocycles. The molecule has 0 saturated heterocycles. The van der Waals surface area contributed by atoms with Gasteiger partial charge in [0.15, 0.2) is 0 Å². The van der Waals surface area contributed by atoms with Crippen LogP contribution in [0.15, 0.2) is 0 Å². The molecule has 0 radical (unpaired) electrons. The van der Waals surface area contributed by atoms with E-state index in [1.54, 1.807) is 0 Å². The van der Waals surface area contributed by atoms with E-state index in [-0.39, 0.29) is 0 Å². The van der Waals surface area contributed by atoms with E-state index in [0.717, 1.165) is 6.42 Å². The van der Waals surface area contributed by atoms with Crippen LogP contribution < -0.4 is 4.57 Å². The van der Waals surface area contributed by atoms with Crippen LogP contribution in [0.25, 0.3) is 0 Å². The number of imidazole rings is 1. The maximum atomic E-state index is 2.26. The molecule has 0 spiro atoms. The summed E-state index contributed by atoms with van der Waals surface area (Å²) >= 11 is 0. The van der Waals surface area contributed by atoms with Gasteiger partial charge in [0, 0.05) is 20.3 Å². The predicted octanol–water partition coefficient (Wildman–Crippen LogP) is 1.03. The molecule has 62 valence electrons. The molecule has 0 aliphatic rings. The Morgan fingerprint density at radius 3 is 2.09 bits per heavy atom. The van der Waals surface area contributed by atoms with Gasteiger partial charge in [-0.2, -0.15) is 0 Å². The van der Waals surface area contributed by atoms with E-state index >= 15 is 0 Å². The van der Waals surface area contributed by atoms with Gasteiger partial charge in [0.25, 0.3) is 5.82 Å². The minimum Gasteiger partial charge on any atom is -0.234 e. The standard InChI is InChI=1S/C9H17N2/c1-6-9-7(2)10(4)8(3)11(9)5/h6H2,1-5H3/q+1. The lowest BCUT2D eigenvalue weighted by Crippen LogP contribution is -2.33. The van der Waals surface area contributed by atoms with Crippen molar-refractivity contribution in [2.75, 3.05) is 0 Å². The summed E-state index contributed by atoms with van der Waals surface area (Å²) < 4.78 is 4.49. The average molecular weight is 153 g/mol. The van der Waals surface area contributed by atoms with E-state index < -0.39 is 0 Å². The average Bonchev–Trinajstić information content (AvgIpc) is 2.17. The second-order valence-electron chi connectivity index (χ2n) is 3.05. The molecule has 2 nitrogen and oxygen atoms in total. The first-order chi connectivity index (χ1) is 5.09. The maximum Gasteiger partial charge on any atom is 0.253 e. The predicted molar refractivity (Wildman–Crippen MR) is 45.4 cm³/mol. The monoisotopic (exact) mass is 153 g/mol. The Morgan fingerprint density at radius 2 is 1.91 bits per heavy atom. The van der Waals surface area contributed by atoms with Crippen LogP contribution in [0.1, 0.15) is 24.1 Å². The molecule has 0 aliphatic heterocycles. The summed E-state index contributed by atoms with van der Waals surface area (Å²) in [4.78, 5) is 0. The molecule has 11 heavy (non-hydrogen) atoms. The van der Waals surface area contributed by atoms with Crippen LogP contribution >= 0.6 is 0 Å². The highest BCUT2D eigenvalue weighted by Crippen LogP contribution is 2.06. The summed E-state index contributed by atoms with van der Waals surface area (Å²) in [5, 5.41) is 0. The first-order valence-corrected chi connectivity index (χ1v) is 4.10. The molecule has 0 bridgehead atoms. The lowest BCUT2D eigenvalue weighted by Gasteiger charge is -1.90. The van der Waals surface area contributed by atoms with Crippen LogP contribution in [0.3, 0.4) is 0 Å². The quantitative estimate of drug-likeness (QED) is 0.533. The van der Waals surface area contributed by atoms with Crippen molar-refractivity contribution in [1.29, 1.82) is 0 Å². The number of rotatable bonds is 1. The van der Waals surface area contributed by atoms with E-state index in [4.69, 9.17) is 0 Å². The Kier molecular flexibility index (Phi) is 2.03. The van der Waals surface area contributed by atoms with Gasteiger partial charge in [0.2, 0.25) is 0 Å². The van der Waals surface area contributed by atoms with Crippen LogP contribution in [0.4, 0.5) is 0 Å². The van der Waals surface area contributed by atoms with Crippen molar-refractivity contribution in [3.8, 4) is 0 Å². The summed E-state index contributed by atoms with van der Waals surface area (Å²) in [6.07, 6.45) is 1.12. The lowest BCUT2D eigenvalue weighted by atomic mass is 10.3. The molecule has 2 heteroatoms. The van der Waals surface area contributed by atoms with Crippen molar-refractivity contribution in [3.05, 3.63) is 17.2 Å². The van der Waals surface area contributed by atoms with Crippen LogP contribution in [-0.4, -0.2) is 4.57 Å². The van der Waals surface area contributed by atoms with E-state index in [9.17, 15) is 0 Å². The van der Waals surface area contributed by atoms with Crippen LogP contribution in [0, 0.1) is 13.8 Å². The minimum absolute atomic E-state index is 1.12. The van der Waals surface area contributed by atoms with Crippen LogP contribution in [0.5, 0.6) is 0 Å². The SMILES string of the molecule is CCc1c(C)[n+](C)c(C)n1C. The van der Waals surface area contributed by atoms with Crippen molar-refractivity contribution < 1.29 is 4.57 Å². The highest BCUT2D eigenvalue weighted by Gasteiger charge is 2.17. The third kappa shape index (κ3) is 1.06. The first-order valence-electron chi connectivity index (χ1n) is 4.10. The third-order valence-corrected chi connectivity index (χ3v) is 2.63. The van der Waals surface area contributed by atoms with Gasteiger partial charge in [-0.15, -0.1) is 0 Å².